The van der Waals surface area contributed by atoms with Crippen LogP contribution in [0.15, 0.2) is 18.2 Å². The van der Waals surface area contributed by atoms with Crippen LogP contribution in [0.25, 0.3) is 0 Å². The maximum atomic E-state index is 13.1. The van der Waals surface area contributed by atoms with E-state index < -0.39 is 0 Å². The van der Waals surface area contributed by atoms with Crippen molar-refractivity contribution in [2.45, 2.75) is 18.9 Å². The lowest BCUT2D eigenvalue weighted by molar-refractivity contribution is 0.395. The molecule has 0 radical (unpaired) electrons. The second kappa shape index (κ2) is 3.64. The number of hydrogen-bond acceptors (Lipinski definition) is 1. The number of hydrogen-bond donors (Lipinski definition) is 0. The molecule has 1 saturated heterocycles. The first kappa shape index (κ1) is 8.97. The van der Waals surface area contributed by atoms with E-state index in [0.717, 1.165) is 13.0 Å². The van der Waals surface area contributed by atoms with Crippen LogP contribution in [-0.2, 0) is 11.2 Å². The van der Waals surface area contributed by atoms with Crippen molar-refractivity contribution >= 4 is 11.6 Å². The van der Waals surface area contributed by atoms with E-state index in [0.29, 0.717) is 23.1 Å². The Morgan fingerprint density at radius 1 is 1.54 bits per heavy atom. The van der Waals surface area contributed by atoms with Crippen molar-refractivity contribution in [3.63, 3.8) is 0 Å². The van der Waals surface area contributed by atoms with Crippen molar-refractivity contribution in [3.05, 3.63) is 34.6 Å². The zero-order valence-electron chi connectivity index (χ0n) is 7.09. The molecular formula is C10H10ClFO. The molecule has 1 aliphatic heterocycles. The molecule has 1 aliphatic rings. The largest absolute Gasteiger partial charge is 0.373 e. The van der Waals surface area contributed by atoms with Crippen molar-refractivity contribution in [3.8, 4) is 0 Å². The predicted octanol–water partition coefficient (Wildman–Crippen LogP) is 2.81. The first-order valence-electron chi connectivity index (χ1n) is 4.31. The number of ether oxygens (including phenoxy) is 1. The average molecular weight is 201 g/mol. The summed E-state index contributed by atoms with van der Waals surface area (Å²) in [5.74, 6) is -0.176. The summed E-state index contributed by atoms with van der Waals surface area (Å²) in [5, 5.41) is 0.591. The molecular weight excluding hydrogens is 191 g/mol. The van der Waals surface area contributed by atoms with E-state index in [9.17, 15) is 4.39 Å². The Balaban J connectivity index is 2.03. The highest BCUT2D eigenvalue weighted by molar-refractivity contribution is 6.30. The Morgan fingerprint density at radius 2 is 2.31 bits per heavy atom. The molecule has 2 rings (SSSR count). The minimum atomic E-state index is -0.176. The summed E-state index contributed by atoms with van der Waals surface area (Å²) in [7, 11) is 0. The van der Waals surface area contributed by atoms with Crippen LogP contribution in [0, 0.1) is 5.82 Å². The third kappa shape index (κ3) is 2.42. The van der Waals surface area contributed by atoms with Crippen molar-refractivity contribution in [1.29, 1.82) is 0 Å². The van der Waals surface area contributed by atoms with Gasteiger partial charge in [0.05, 0.1) is 12.7 Å². The summed E-state index contributed by atoms with van der Waals surface area (Å²) in [6.45, 7) is 0.822. The molecule has 70 valence electrons. The highest BCUT2D eigenvalue weighted by Crippen LogP contribution is 2.20. The van der Waals surface area contributed by atoms with Crippen molar-refractivity contribution in [2.24, 2.45) is 0 Å². The van der Waals surface area contributed by atoms with Gasteiger partial charge in [-0.05, 0) is 36.6 Å². The summed E-state index contributed by atoms with van der Waals surface area (Å²) >= 11 is 5.75. The van der Waals surface area contributed by atoms with E-state index >= 15 is 0 Å². The van der Waals surface area contributed by atoms with Crippen LogP contribution in [-0.4, -0.2) is 12.7 Å². The van der Waals surface area contributed by atoms with E-state index in [4.69, 9.17) is 16.3 Å². The van der Waals surface area contributed by atoms with Crippen LogP contribution in [0.2, 0.25) is 5.02 Å². The van der Waals surface area contributed by atoms with Crippen LogP contribution in [0.1, 0.15) is 12.0 Å². The van der Waals surface area contributed by atoms with E-state index in [1.54, 1.807) is 12.1 Å². The van der Waals surface area contributed by atoms with Gasteiger partial charge in [-0.2, -0.15) is 0 Å². The minimum absolute atomic E-state index is 0.176. The van der Waals surface area contributed by atoms with Crippen molar-refractivity contribution < 1.29 is 9.13 Å². The highest BCUT2D eigenvalue weighted by Gasteiger charge is 2.22. The number of rotatable bonds is 3. The summed E-state index contributed by atoms with van der Waals surface area (Å²) in [6, 6.07) is 4.65. The van der Waals surface area contributed by atoms with E-state index in [2.05, 4.69) is 0 Å². The van der Waals surface area contributed by atoms with Gasteiger partial charge in [-0.15, -0.1) is 0 Å². The van der Waals surface area contributed by atoms with Crippen LogP contribution < -0.4 is 0 Å². The maximum Gasteiger partial charge on any atom is 0.126 e. The van der Waals surface area contributed by atoms with Crippen LogP contribution in [0.5, 0.6) is 0 Å². The zero-order valence-corrected chi connectivity index (χ0v) is 7.85. The Morgan fingerprint density at radius 3 is 3.00 bits per heavy atom. The van der Waals surface area contributed by atoms with Gasteiger partial charge in [-0.25, -0.2) is 4.39 Å². The summed E-state index contributed by atoms with van der Waals surface area (Å²) in [6.07, 6.45) is 1.94. The van der Waals surface area contributed by atoms with Gasteiger partial charge in [0.2, 0.25) is 0 Å². The molecule has 0 N–H and O–H groups in total. The maximum absolute atomic E-state index is 13.1. The van der Waals surface area contributed by atoms with Gasteiger partial charge in [0.15, 0.2) is 0 Å². The molecule has 1 heterocycles. The quantitative estimate of drug-likeness (QED) is 0.684. The third-order valence-electron chi connectivity index (χ3n) is 2.15. The van der Waals surface area contributed by atoms with Gasteiger partial charge in [-0.3, -0.25) is 0 Å². The second-order valence-corrected chi connectivity index (χ2v) is 3.67. The molecule has 0 aromatic heterocycles. The lowest BCUT2D eigenvalue weighted by Crippen LogP contribution is -1.94. The monoisotopic (exact) mass is 200 g/mol. The van der Waals surface area contributed by atoms with Crippen molar-refractivity contribution in [1.82, 2.24) is 0 Å². The van der Waals surface area contributed by atoms with Gasteiger partial charge in [0.1, 0.15) is 5.82 Å². The molecule has 3 heteroatoms. The SMILES string of the molecule is Fc1ccc(Cl)cc1CCC1CO1. The van der Waals surface area contributed by atoms with Gasteiger partial charge in [0, 0.05) is 5.02 Å². The molecule has 0 aliphatic carbocycles. The molecule has 1 unspecified atom stereocenters. The topological polar surface area (TPSA) is 12.5 Å². The fourth-order valence-electron chi connectivity index (χ4n) is 1.29. The molecule has 0 amide bonds. The normalized spacial score (nSPS) is 20.3. The first-order chi connectivity index (χ1) is 6.25. The molecule has 1 nitrogen and oxygen atoms in total. The fourth-order valence-corrected chi connectivity index (χ4v) is 1.48. The third-order valence-corrected chi connectivity index (χ3v) is 2.38. The summed E-state index contributed by atoms with van der Waals surface area (Å²) in [4.78, 5) is 0. The molecule has 1 atom stereocenters. The predicted molar refractivity (Wildman–Crippen MR) is 49.5 cm³/mol. The lowest BCUT2D eigenvalue weighted by atomic mass is 10.1. The first-order valence-corrected chi connectivity index (χ1v) is 4.69. The van der Waals surface area contributed by atoms with Crippen LogP contribution in [0.4, 0.5) is 4.39 Å². The minimum Gasteiger partial charge on any atom is -0.373 e. The number of aryl methyl sites for hydroxylation is 1. The smallest absolute Gasteiger partial charge is 0.126 e. The molecule has 0 saturated carbocycles. The Labute approximate surface area is 81.5 Å². The van der Waals surface area contributed by atoms with E-state index in [1.165, 1.54) is 6.07 Å². The second-order valence-electron chi connectivity index (χ2n) is 3.23. The Hall–Kier alpha value is -0.600. The van der Waals surface area contributed by atoms with Gasteiger partial charge in [-0.1, -0.05) is 11.6 Å². The summed E-state index contributed by atoms with van der Waals surface area (Å²) < 4.78 is 18.2. The number of epoxide rings is 1. The van der Waals surface area contributed by atoms with Crippen LogP contribution >= 0.6 is 11.6 Å². The summed E-state index contributed by atoms with van der Waals surface area (Å²) in [5.41, 5.74) is 0.683. The highest BCUT2D eigenvalue weighted by atomic mass is 35.5. The number of benzene rings is 1. The molecule has 0 spiro atoms. The van der Waals surface area contributed by atoms with Gasteiger partial charge >= 0.3 is 0 Å². The Kier molecular flexibility index (Phi) is 2.51. The van der Waals surface area contributed by atoms with Gasteiger partial charge in [0.25, 0.3) is 0 Å². The van der Waals surface area contributed by atoms with E-state index in [1.807, 2.05) is 0 Å². The van der Waals surface area contributed by atoms with Crippen molar-refractivity contribution in [2.75, 3.05) is 6.61 Å². The molecule has 1 aromatic carbocycles. The Bertz CT molecular complexity index is 310. The zero-order chi connectivity index (χ0) is 9.26. The fraction of sp³-hybridized carbons (Fsp3) is 0.400. The standard InChI is InChI=1S/C10H10ClFO/c11-8-2-4-10(12)7(5-8)1-3-9-6-13-9/h2,4-5,9H,1,3,6H2. The van der Waals surface area contributed by atoms with Gasteiger partial charge < -0.3 is 4.74 Å². The molecule has 0 bridgehead atoms. The average Bonchev–Trinajstić information content (AvgIpc) is 2.90. The van der Waals surface area contributed by atoms with Crippen LogP contribution in [0.3, 0.4) is 0 Å². The number of halogens is 2. The molecule has 1 fully saturated rings. The molecule has 13 heavy (non-hydrogen) atoms. The van der Waals surface area contributed by atoms with E-state index in [-0.39, 0.29) is 5.82 Å². The molecule has 1 aromatic rings. The lowest BCUT2D eigenvalue weighted by Gasteiger charge is -2.01.